The molecule has 2 aromatic rings. The van der Waals surface area contributed by atoms with Crippen LogP contribution in [-0.2, 0) is 6.61 Å². The van der Waals surface area contributed by atoms with Crippen molar-refractivity contribution >= 4 is 28.2 Å². The third kappa shape index (κ3) is 5.79. The molecule has 0 aliphatic carbocycles. The number of hydrogen-bond donors (Lipinski definition) is 2. The van der Waals surface area contributed by atoms with Gasteiger partial charge in [0.2, 0.25) is 0 Å². The number of nitrogens with two attached hydrogens (primary N) is 1. The van der Waals surface area contributed by atoms with E-state index in [0.717, 1.165) is 15.6 Å². The second-order valence-electron chi connectivity index (χ2n) is 5.27. The Balaban J connectivity index is 2.21. The van der Waals surface area contributed by atoms with Gasteiger partial charge in [-0.25, -0.2) is 10.2 Å². The lowest BCUT2D eigenvalue weighted by Gasteiger charge is -2.15. The van der Waals surface area contributed by atoms with Gasteiger partial charge in [0.15, 0.2) is 11.5 Å². The SMILES string of the molecule is CCOc1cc(/C=N\NC(N)=O)cc(Br)c1OCc1cccc(C)c1. The number of hydrazone groups is 1. The maximum Gasteiger partial charge on any atom is 0.332 e. The summed E-state index contributed by atoms with van der Waals surface area (Å²) >= 11 is 3.50. The van der Waals surface area contributed by atoms with Gasteiger partial charge >= 0.3 is 6.03 Å². The number of aryl methyl sites for hydroxylation is 1. The Morgan fingerprint density at radius 2 is 2.12 bits per heavy atom. The first-order valence-electron chi connectivity index (χ1n) is 7.72. The van der Waals surface area contributed by atoms with Crippen molar-refractivity contribution in [3.63, 3.8) is 0 Å². The Hall–Kier alpha value is -2.54. The third-order valence-corrected chi connectivity index (χ3v) is 3.77. The predicted octanol–water partition coefficient (Wildman–Crippen LogP) is 3.74. The average Bonchev–Trinajstić information content (AvgIpc) is 2.54. The number of primary amides is 1. The van der Waals surface area contributed by atoms with E-state index in [9.17, 15) is 4.79 Å². The van der Waals surface area contributed by atoms with Gasteiger partial charge in [-0.2, -0.15) is 5.10 Å². The van der Waals surface area contributed by atoms with E-state index in [1.165, 1.54) is 11.8 Å². The minimum Gasteiger partial charge on any atom is -0.490 e. The lowest BCUT2D eigenvalue weighted by Crippen LogP contribution is -2.24. The molecule has 0 fully saturated rings. The fourth-order valence-corrected chi connectivity index (χ4v) is 2.77. The average molecular weight is 406 g/mol. The van der Waals surface area contributed by atoms with Gasteiger partial charge < -0.3 is 15.2 Å². The molecule has 0 aliphatic heterocycles. The van der Waals surface area contributed by atoms with Crippen LogP contribution in [0.3, 0.4) is 0 Å². The van der Waals surface area contributed by atoms with Crippen LogP contribution in [0, 0.1) is 6.92 Å². The van der Waals surface area contributed by atoms with Crippen molar-refractivity contribution in [3.8, 4) is 11.5 Å². The molecule has 0 aromatic heterocycles. The monoisotopic (exact) mass is 405 g/mol. The van der Waals surface area contributed by atoms with Gasteiger partial charge in [-0.05, 0) is 53.0 Å². The minimum absolute atomic E-state index is 0.428. The third-order valence-electron chi connectivity index (χ3n) is 3.19. The van der Waals surface area contributed by atoms with E-state index in [-0.39, 0.29) is 0 Å². The van der Waals surface area contributed by atoms with Crippen LogP contribution < -0.4 is 20.6 Å². The molecule has 0 bridgehead atoms. The van der Waals surface area contributed by atoms with Crippen LogP contribution in [0.25, 0.3) is 0 Å². The number of ether oxygens (including phenoxy) is 2. The molecular weight excluding hydrogens is 386 g/mol. The first-order valence-corrected chi connectivity index (χ1v) is 8.52. The number of benzene rings is 2. The molecule has 0 saturated heterocycles. The lowest BCUT2D eigenvalue weighted by atomic mass is 10.1. The Labute approximate surface area is 155 Å². The van der Waals surface area contributed by atoms with Gasteiger partial charge in [-0.3, -0.25) is 0 Å². The van der Waals surface area contributed by atoms with E-state index < -0.39 is 6.03 Å². The number of rotatable bonds is 7. The van der Waals surface area contributed by atoms with Crippen molar-refractivity contribution in [2.45, 2.75) is 20.5 Å². The molecule has 0 spiro atoms. The van der Waals surface area contributed by atoms with Gasteiger partial charge in [0, 0.05) is 0 Å². The molecule has 2 rings (SSSR count). The molecule has 0 heterocycles. The van der Waals surface area contributed by atoms with Gasteiger partial charge in [0.25, 0.3) is 0 Å². The van der Waals surface area contributed by atoms with E-state index in [1.54, 1.807) is 6.07 Å². The van der Waals surface area contributed by atoms with E-state index >= 15 is 0 Å². The standard InChI is InChI=1S/C18H20BrN3O3/c1-3-24-16-9-14(10-21-22-18(20)23)8-15(19)17(16)25-11-13-6-4-5-12(2)7-13/h4-10H,3,11H2,1-2H3,(H3,20,22,23)/b21-10-. The number of amides is 2. The molecule has 0 unspecified atom stereocenters. The zero-order valence-corrected chi connectivity index (χ0v) is 15.7. The summed E-state index contributed by atoms with van der Waals surface area (Å²) in [6.45, 7) is 4.86. The second-order valence-corrected chi connectivity index (χ2v) is 6.13. The molecule has 25 heavy (non-hydrogen) atoms. The fourth-order valence-electron chi connectivity index (χ4n) is 2.19. The summed E-state index contributed by atoms with van der Waals surface area (Å²) in [7, 11) is 0. The van der Waals surface area contributed by atoms with Crippen molar-refractivity contribution in [2.75, 3.05) is 6.61 Å². The highest BCUT2D eigenvalue weighted by molar-refractivity contribution is 9.10. The molecular formula is C18H20BrN3O3. The van der Waals surface area contributed by atoms with Gasteiger partial charge in [-0.15, -0.1) is 0 Å². The molecule has 132 valence electrons. The first-order chi connectivity index (χ1) is 12.0. The number of urea groups is 1. The van der Waals surface area contributed by atoms with E-state index in [1.807, 2.05) is 38.1 Å². The van der Waals surface area contributed by atoms with Gasteiger partial charge in [-0.1, -0.05) is 29.8 Å². The molecule has 0 radical (unpaired) electrons. The number of carbonyl (C=O) groups excluding carboxylic acids is 1. The zero-order chi connectivity index (χ0) is 18.2. The van der Waals surface area contributed by atoms with Crippen LogP contribution >= 0.6 is 15.9 Å². The number of nitrogens with one attached hydrogen (secondary N) is 1. The fraction of sp³-hybridized carbons (Fsp3) is 0.222. The Morgan fingerprint density at radius 3 is 2.80 bits per heavy atom. The highest BCUT2D eigenvalue weighted by Gasteiger charge is 2.12. The maximum absolute atomic E-state index is 10.7. The van der Waals surface area contributed by atoms with Gasteiger partial charge in [0.05, 0.1) is 17.3 Å². The quantitative estimate of drug-likeness (QED) is 0.543. The molecule has 2 aromatic carbocycles. The predicted molar refractivity (Wildman–Crippen MR) is 101 cm³/mol. The largest absolute Gasteiger partial charge is 0.490 e. The Bertz CT molecular complexity index is 778. The molecule has 2 amide bonds. The van der Waals surface area contributed by atoms with Crippen LogP contribution in [0.1, 0.15) is 23.6 Å². The van der Waals surface area contributed by atoms with Crippen molar-refractivity contribution in [1.29, 1.82) is 0 Å². The first kappa shape index (κ1) is 18.8. The lowest BCUT2D eigenvalue weighted by molar-refractivity contribution is 0.249. The molecule has 0 aliphatic rings. The Morgan fingerprint density at radius 1 is 1.32 bits per heavy atom. The highest BCUT2D eigenvalue weighted by atomic mass is 79.9. The second kappa shape index (κ2) is 9.08. The maximum atomic E-state index is 10.7. The van der Waals surface area contributed by atoms with Crippen molar-refractivity contribution < 1.29 is 14.3 Å². The molecule has 7 heteroatoms. The molecule has 6 nitrogen and oxygen atoms in total. The van der Waals surface area contributed by atoms with Gasteiger partial charge in [0.1, 0.15) is 6.61 Å². The van der Waals surface area contributed by atoms with Crippen LogP contribution in [0.2, 0.25) is 0 Å². The molecule has 0 saturated carbocycles. The van der Waals surface area contributed by atoms with E-state index in [4.69, 9.17) is 15.2 Å². The number of carbonyl (C=O) groups is 1. The van der Waals surface area contributed by atoms with Crippen LogP contribution in [0.5, 0.6) is 11.5 Å². The van der Waals surface area contributed by atoms with Crippen LogP contribution in [-0.4, -0.2) is 18.9 Å². The summed E-state index contributed by atoms with van der Waals surface area (Å²) in [5.41, 5.74) is 10.1. The normalized spacial score (nSPS) is 10.7. The highest BCUT2D eigenvalue weighted by Crippen LogP contribution is 2.37. The number of nitrogens with zero attached hydrogens (tertiary/aromatic N) is 1. The summed E-state index contributed by atoms with van der Waals surface area (Å²) in [4.78, 5) is 10.7. The van der Waals surface area contributed by atoms with Crippen LogP contribution in [0.4, 0.5) is 4.79 Å². The van der Waals surface area contributed by atoms with Crippen molar-refractivity contribution in [1.82, 2.24) is 5.43 Å². The Kier molecular flexibility index (Phi) is 6.82. The summed E-state index contributed by atoms with van der Waals surface area (Å²) in [5.74, 6) is 1.20. The summed E-state index contributed by atoms with van der Waals surface area (Å²) < 4.78 is 12.4. The summed E-state index contributed by atoms with van der Waals surface area (Å²) in [5, 5.41) is 3.75. The van der Waals surface area contributed by atoms with Crippen molar-refractivity contribution in [3.05, 3.63) is 57.6 Å². The zero-order valence-electron chi connectivity index (χ0n) is 14.1. The topological polar surface area (TPSA) is 85.9 Å². The van der Waals surface area contributed by atoms with Crippen molar-refractivity contribution in [2.24, 2.45) is 10.8 Å². The van der Waals surface area contributed by atoms with E-state index in [0.29, 0.717) is 24.7 Å². The molecule has 0 atom stereocenters. The summed E-state index contributed by atoms with van der Waals surface area (Å²) in [6, 6.07) is 11.0. The molecule has 3 N–H and O–H groups in total. The minimum atomic E-state index is -0.724. The number of halogens is 1. The van der Waals surface area contributed by atoms with Crippen LogP contribution in [0.15, 0.2) is 46.0 Å². The smallest absolute Gasteiger partial charge is 0.332 e. The summed E-state index contributed by atoms with van der Waals surface area (Å²) in [6.07, 6.45) is 1.47. The van der Waals surface area contributed by atoms with E-state index in [2.05, 4.69) is 32.5 Å². The number of hydrogen-bond acceptors (Lipinski definition) is 4.